The molecule has 4 nitrogen and oxygen atoms in total. The first-order valence-electron chi connectivity index (χ1n) is 6.79. The molecule has 2 aliphatic rings. The summed E-state index contributed by atoms with van der Waals surface area (Å²) in [6, 6.07) is -0.192. The minimum Gasteiger partial charge on any atom is -0.464 e. The number of carbonyl (C=O) groups is 2. The fourth-order valence-electron chi connectivity index (χ4n) is 2.83. The first kappa shape index (κ1) is 13.1. The van der Waals surface area contributed by atoms with E-state index in [2.05, 4.69) is 12.2 Å². The Morgan fingerprint density at radius 2 is 2.11 bits per heavy atom. The molecule has 1 fully saturated rings. The van der Waals surface area contributed by atoms with Crippen LogP contribution in [0.3, 0.4) is 0 Å². The Hall–Kier alpha value is -1.32. The Morgan fingerprint density at radius 1 is 1.39 bits per heavy atom. The van der Waals surface area contributed by atoms with Crippen LogP contribution in [0.5, 0.6) is 0 Å². The molecule has 0 aromatic carbocycles. The van der Waals surface area contributed by atoms with Crippen molar-refractivity contribution in [1.82, 2.24) is 4.90 Å². The molecular weight excluding hydrogens is 230 g/mol. The molecule has 100 valence electrons. The van der Waals surface area contributed by atoms with E-state index in [-0.39, 0.29) is 29.9 Å². The third kappa shape index (κ3) is 2.42. The van der Waals surface area contributed by atoms with Gasteiger partial charge in [0.15, 0.2) is 0 Å². The van der Waals surface area contributed by atoms with Crippen LogP contribution in [0.25, 0.3) is 0 Å². The van der Waals surface area contributed by atoms with Crippen molar-refractivity contribution in [1.29, 1.82) is 0 Å². The topological polar surface area (TPSA) is 46.6 Å². The zero-order valence-corrected chi connectivity index (χ0v) is 11.1. The van der Waals surface area contributed by atoms with E-state index in [0.717, 1.165) is 25.7 Å². The van der Waals surface area contributed by atoms with E-state index < -0.39 is 0 Å². The molecule has 1 amide bonds. The highest BCUT2D eigenvalue weighted by molar-refractivity contribution is 5.86. The van der Waals surface area contributed by atoms with Crippen molar-refractivity contribution in [3.05, 3.63) is 12.2 Å². The maximum absolute atomic E-state index is 12.4. The third-order valence-electron chi connectivity index (χ3n) is 3.80. The number of hydrogen-bond acceptors (Lipinski definition) is 3. The number of esters is 1. The van der Waals surface area contributed by atoms with Crippen molar-refractivity contribution in [3.63, 3.8) is 0 Å². The SMILES string of the molecule is CCOC(=O)[C@@H]1CC[C@@H]2C/C=C\C[C@H](C)C(=O)N21. The minimum atomic E-state index is -0.364. The number of amides is 1. The van der Waals surface area contributed by atoms with Crippen LogP contribution in [0.2, 0.25) is 0 Å². The van der Waals surface area contributed by atoms with Gasteiger partial charge in [0.2, 0.25) is 5.91 Å². The molecule has 0 radical (unpaired) electrons. The van der Waals surface area contributed by atoms with Crippen LogP contribution in [0.15, 0.2) is 12.2 Å². The molecular formula is C14H21NO3. The Morgan fingerprint density at radius 3 is 2.83 bits per heavy atom. The molecule has 1 saturated heterocycles. The maximum atomic E-state index is 12.4. The summed E-state index contributed by atoms with van der Waals surface area (Å²) in [4.78, 5) is 26.1. The lowest BCUT2D eigenvalue weighted by molar-refractivity contribution is -0.155. The monoisotopic (exact) mass is 251 g/mol. The summed E-state index contributed by atoms with van der Waals surface area (Å²) in [5.74, 6) is -0.191. The number of fused-ring (bicyclic) bond motifs is 1. The van der Waals surface area contributed by atoms with Gasteiger partial charge in [0.05, 0.1) is 6.61 Å². The van der Waals surface area contributed by atoms with Crippen LogP contribution >= 0.6 is 0 Å². The molecule has 0 saturated carbocycles. The van der Waals surface area contributed by atoms with Crippen LogP contribution in [0.1, 0.15) is 39.5 Å². The molecule has 2 heterocycles. The van der Waals surface area contributed by atoms with Crippen molar-refractivity contribution < 1.29 is 14.3 Å². The fraction of sp³-hybridized carbons (Fsp3) is 0.714. The lowest BCUT2D eigenvalue weighted by Crippen LogP contribution is -2.48. The Balaban J connectivity index is 2.19. The second-order valence-corrected chi connectivity index (χ2v) is 5.09. The molecule has 0 bridgehead atoms. The van der Waals surface area contributed by atoms with Gasteiger partial charge in [-0.15, -0.1) is 0 Å². The minimum absolute atomic E-state index is 0.0425. The normalized spacial score (nSPS) is 33.6. The zero-order chi connectivity index (χ0) is 13.1. The molecule has 2 rings (SSSR count). The van der Waals surface area contributed by atoms with Crippen LogP contribution in [0.4, 0.5) is 0 Å². The van der Waals surface area contributed by atoms with Gasteiger partial charge in [-0.25, -0.2) is 4.79 Å². The Bertz CT molecular complexity index is 364. The van der Waals surface area contributed by atoms with Gasteiger partial charge in [-0.05, 0) is 32.6 Å². The van der Waals surface area contributed by atoms with Crippen LogP contribution in [-0.2, 0) is 14.3 Å². The van der Waals surface area contributed by atoms with Crippen LogP contribution < -0.4 is 0 Å². The van der Waals surface area contributed by atoms with E-state index in [1.54, 1.807) is 11.8 Å². The van der Waals surface area contributed by atoms with Crippen molar-refractivity contribution in [2.45, 2.75) is 51.6 Å². The number of nitrogens with zero attached hydrogens (tertiary/aromatic N) is 1. The van der Waals surface area contributed by atoms with Crippen LogP contribution in [-0.4, -0.2) is 35.5 Å². The third-order valence-corrected chi connectivity index (χ3v) is 3.80. The second-order valence-electron chi connectivity index (χ2n) is 5.09. The van der Waals surface area contributed by atoms with Crippen LogP contribution in [0, 0.1) is 5.92 Å². The lowest BCUT2D eigenvalue weighted by atomic mass is 10.0. The number of allylic oxidation sites excluding steroid dienone is 1. The van der Waals surface area contributed by atoms with Gasteiger partial charge in [0.25, 0.3) is 0 Å². The predicted octanol–water partition coefficient (Wildman–Crippen LogP) is 1.90. The Kier molecular flexibility index (Phi) is 4.04. The van der Waals surface area contributed by atoms with Crippen molar-refractivity contribution in [2.75, 3.05) is 6.61 Å². The summed E-state index contributed by atoms with van der Waals surface area (Å²) < 4.78 is 5.08. The fourth-order valence-corrected chi connectivity index (χ4v) is 2.83. The molecule has 18 heavy (non-hydrogen) atoms. The summed E-state index contributed by atoms with van der Waals surface area (Å²) in [7, 11) is 0. The molecule has 0 N–H and O–H groups in total. The van der Waals surface area contributed by atoms with Gasteiger partial charge >= 0.3 is 5.97 Å². The smallest absolute Gasteiger partial charge is 0.328 e. The number of hydrogen-bond donors (Lipinski definition) is 0. The molecule has 2 aliphatic heterocycles. The lowest BCUT2D eigenvalue weighted by Gasteiger charge is -2.32. The van der Waals surface area contributed by atoms with Gasteiger partial charge < -0.3 is 9.64 Å². The molecule has 0 aliphatic carbocycles. The summed E-state index contributed by atoms with van der Waals surface area (Å²) in [5, 5.41) is 0. The average molecular weight is 251 g/mol. The average Bonchev–Trinajstić information content (AvgIpc) is 2.75. The number of carbonyl (C=O) groups excluding carboxylic acids is 2. The summed E-state index contributed by atoms with van der Waals surface area (Å²) >= 11 is 0. The second kappa shape index (κ2) is 5.55. The van der Waals surface area contributed by atoms with E-state index >= 15 is 0 Å². The summed E-state index contributed by atoms with van der Waals surface area (Å²) in [6.07, 6.45) is 7.46. The van der Waals surface area contributed by atoms with Gasteiger partial charge in [-0.2, -0.15) is 0 Å². The van der Waals surface area contributed by atoms with Gasteiger partial charge in [-0.1, -0.05) is 19.1 Å². The van der Waals surface area contributed by atoms with Crippen molar-refractivity contribution in [3.8, 4) is 0 Å². The molecule has 0 unspecified atom stereocenters. The standard InChI is InChI=1S/C14H21NO3/c1-3-18-14(17)12-9-8-11-7-5-4-6-10(2)13(16)15(11)12/h4-5,10-12H,3,6-9H2,1-2H3/b5-4-/t10-,11-,12-/m0/s1. The van der Waals surface area contributed by atoms with Crippen molar-refractivity contribution >= 4 is 11.9 Å². The highest BCUT2D eigenvalue weighted by Crippen LogP contribution is 2.31. The quantitative estimate of drug-likeness (QED) is 0.556. The molecule has 4 heteroatoms. The number of ether oxygens (including phenoxy) is 1. The van der Waals surface area contributed by atoms with E-state index in [9.17, 15) is 9.59 Å². The zero-order valence-electron chi connectivity index (χ0n) is 11.1. The van der Waals surface area contributed by atoms with E-state index in [1.807, 2.05) is 6.92 Å². The highest BCUT2D eigenvalue weighted by Gasteiger charge is 2.42. The van der Waals surface area contributed by atoms with E-state index in [1.165, 1.54) is 0 Å². The Labute approximate surface area is 108 Å². The molecule has 0 spiro atoms. The number of rotatable bonds is 2. The van der Waals surface area contributed by atoms with Crippen molar-refractivity contribution in [2.24, 2.45) is 5.92 Å². The van der Waals surface area contributed by atoms with E-state index in [0.29, 0.717) is 6.61 Å². The first-order valence-corrected chi connectivity index (χ1v) is 6.79. The maximum Gasteiger partial charge on any atom is 0.328 e. The largest absolute Gasteiger partial charge is 0.464 e. The molecule has 0 aromatic rings. The van der Waals surface area contributed by atoms with Gasteiger partial charge in [0.1, 0.15) is 6.04 Å². The summed E-state index contributed by atoms with van der Waals surface area (Å²) in [6.45, 7) is 4.10. The van der Waals surface area contributed by atoms with E-state index in [4.69, 9.17) is 4.74 Å². The first-order chi connectivity index (χ1) is 8.65. The molecule has 3 atom stereocenters. The predicted molar refractivity (Wildman–Crippen MR) is 67.8 cm³/mol. The van der Waals surface area contributed by atoms with Gasteiger partial charge in [-0.3, -0.25) is 4.79 Å². The molecule has 0 aromatic heterocycles. The highest BCUT2D eigenvalue weighted by atomic mass is 16.5. The summed E-state index contributed by atoms with van der Waals surface area (Å²) in [5.41, 5.74) is 0. The van der Waals surface area contributed by atoms with Gasteiger partial charge in [0, 0.05) is 12.0 Å².